The summed E-state index contributed by atoms with van der Waals surface area (Å²) in [7, 11) is 0. The van der Waals surface area contributed by atoms with Crippen molar-refractivity contribution in [3.05, 3.63) is 39.7 Å². The summed E-state index contributed by atoms with van der Waals surface area (Å²) < 4.78 is 13.1. The molecule has 4 nitrogen and oxygen atoms in total. The molecule has 1 aromatic rings. The monoisotopic (exact) mass is 268 g/mol. The summed E-state index contributed by atoms with van der Waals surface area (Å²) in [6.45, 7) is 6.66. The van der Waals surface area contributed by atoms with E-state index in [-0.39, 0.29) is 11.7 Å². The fraction of sp³-hybridized carbons (Fsp3) is 0.571. The van der Waals surface area contributed by atoms with Crippen LogP contribution in [0.3, 0.4) is 0 Å². The van der Waals surface area contributed by atoms with Crippen LogP contribution in [0.15, 0.2) is 18.2 Å². The van der Waals surface area contributed by atoms with Gasteiger partial charge < -0.3 is 5.32 Å². The van der Waals surface area contributed by atoms with Crippen molar-refractivity contribution in [1.29, 1.82) is 0 Å². The molecule has 0 radical (unpaired) electrons. The zero-order valence-corrected chi connectivity index (χ0v) is 11.6. The van der Waals surface area contributed by atoms with Crippen molar-refractivity contribution in [2.45, 2.75) is 46.2 Å². The molecule has 1 aromatic carbocycles. The van der Waals surface area contributed by atoms with Crippen LogP contribution in [0, 0.1) is 21.8 Å². The van der Waals surface area contributed by atoms with Gasteiger partial charge in [0, 0.05) is 24.2 Å². The molecule has 0 aliphatic carbocycles. The fourth-order valence-corrected chi connectivity index (χ4v) is 1.84. The van der Waals surface area contributed by atoms with Crippen molar-refractivity contribution in [3.8, 4) is 0 Å². The van der Waals surface area contributed by atoms with E-state index in [0.717, 1.165) is 18.9 Å². The van der Waals surface area contributed by atoms with E-state index in [9.17, 15) is 14.5 Å². The normalized spacial score (nSPS) is 12.7. The third kappa shape index (κ3) is 5.34. The van der Waals surface area contributed by atoms with Crippen LogP contribution in [-0.2, 0) is 6.54 Å². The molecule has 0 amide bonds. The predicted molar refractivity (Wildman–Crippen MR) is 73.4 cm³/mol. The van der Waals surface area contributed by atoms with Gasteiger partial charge in [-0.15, -0.1) is 0 Å². The van der Waals surface area contributed by atoms with Crippen molar-refractivity contribution >= 4 is 5.69 Å². The lowest BCUT2D eigenvalue weighted by molar-refractivity contribution is -0.385. The summed E-state index contributed by atoms with van der Waals surface area (Å²) in [5.41, 5.74) is 0.353. The number of nitrogens with one attached hydrogen (secondary N) is 1. The van der Waals surface area contributed by atoms with Crippen LogP contribution in [-0.4, -0.2) is 11.0 Å². The molecule has 1 rings (SSSR count). The van der Waals surface area contributed by atoms with E-state index in [4.69, 9.17) is 0 Å². The summed E-state index contributed by atoms with van der Waals surface area (Å²) in [5.74, 6) is 0.185. The van der Waals surface area contributed by atoms with E-state index in [1.165, 1.54) is 12.1 Å². The third-order valence-electron chi connectivity index (χ3n) is 3.06. The second-order valence-electron chi connectivity index (χ2n) is 5.28. The second kappa shape index (κ2) is 7.19. The minimum atomic E-state index is -0.477. The van der Waals surface area contributed by atoms with Crippen LogP contribution in [0.4, 0.5) is 10.1 Å². The maximum absolute atomic E-state index is 13.1. The van der Waals surface area contributed by atoms with Gasteiger partial charge in [0.15, 0.2) is 0 Å². The van der Waals surface area contributed by atoms with Gasteiger partial charge in [0.05, 0.1) is 4.92 Å². The summed E-state index contributed by atoms with van der Waals surface area (Å²) in [6.07, 6.45) is 2.10. The molecule has 106 valence electrons. The number of hydrogen-bond acceptors (Lipinski definition) is 3. The maximum Gasteiger partial charge on any atom is 0.274 e. The van der Waals surface area contributed by atoms with Gasteiger partial charge in [0.25, 0.3) is 5.69 Å². The Morgan fingerprint density at radius 2 is 2.00 bits per heavy atom. The van der Waals surface area contributed by atoms with Crippen LogP contribution in [0.25, 0.3) is 0 Å². The predicted octanol–water partition coefficient (Wildman–Crippen LogP) is 3.65. The Bertz CT molecular complexity index is 435. The molecule has 0 aliphatic rings. The van der Waals surface area contributed by atoms with Crippen molar-refractivity contribution in [1.82, 2.24) is 5.32 Å². The summed E-state index contributed by atoms with van der Waals surface area (Å²) in [5, 5.41) is 14.1. The molecule has 19 heavy (non-hydrogen) atoms. The average molecular weight is 268 g/mol. The van der Waals surface area contributed by atoms with Gasteiger partial charge in [-0.1, -0.05) is 13.8 Å². The Kier molecular flexibility index (Phi) is 5.89. The highest BCUT2D eigenvalue weighted by Gasteiger charge is 2.14. The lowest BCUT2D eigenvalue weighted by Gasteiger charge is -2.15. The van der Waals surface area contributed by atoms with E-state index >= 15 is 0 Å². The van der Waals surface area contributed by atoms with Crippen molar-refractivity contribution < 1.29 is 9.31 Å². The second-order valence-corrected chi connectivity index (χ2v) is 5.28. The molecule has 1 atom stereocenters. The molecular formula is C14H21FN2O2. The molecule has 0 heterocycles. The van der Waals surface area contributed by atoms with Gasteiger partial charge in [0.2, 0.25) is 0 Å². The number of benzene rings is 1. The van der Waals surface area contributed by atoms with E-state index in [2.05, 4.69) is 19.2 Å². The fourth-order valence-electron chi connectivity index (χ4n) is 1.84. The summed E-state index contributed by atoms with van der Waals surface area (Å²) >= 11 is 0. The highest BCUT2D eigenvalue weighted by Crippen LogP contribution is 2.19. The number of nitro benzene ring substituents is 1. The van der Waals surface area contributed by atoms with Crippen LogP contribution >= 0.6 is 0 Å². The average Bonchev–Trinajstić information content (AvgIpc) is 2.33. The topological polar surface area (TPSA) is 55.2 Å². The highest BCUT2D eigenvalue weighted by molar-refractivity contribution is 5.40. The largest absolute Gasteiger partial charge is 0.310 e. The van der Waals surface area contributed by atoms with E-state index in [1.807, 2.05) is 6.92 Å². The number of halogens is 1. The number of nitro groups is 1. The molecule has 0 spiro atoms. The van der Waals surface area contributed by atoms with Crippen LogP contribution in [0.1, 0.15) is 39.2 Å². The summed E-state index contributed by atoms with van der Waals surface area (Å²) in [6, 6.07) is 3.81. The molecule has 0 bridgehead atoms. The Morgan fingerprint density at radius 1 is 1.32 bits per heavy atom. The lowest BCUT2D eigenvalue weighted by Crippen LogP contribution is -2.26. The van der Waals surface area contributed by atoms with Gasteiger partial charge in [-0.2, -0.15) is 0 Å². The molecule has 0 saturated heterocycles. The van der Waals surface area contributed by atoms with Crippen molar-refractivity contribution in [2.24, 2.45) is 5.92 Å². The van der Waals surface area contributed by atoms with Gasteiger partial charge >= 0.3 is 0 Å². The molecule has 0 saturated carbocycles. The van der Waals surface area contributed by atoms with Crippen LogP contribution in [0.2, 0.25) is 0 Å². The Balaban J connectivity index is 2.61. The Hall–Kier alpha value is -1.49. The van der Waals surface area contributed by atoms with Crippen LogP contribution < -0.4 is 5.32 Å². The van der Waals surface area contributed by atoms with E-state index < -0.39 is 10.7 Å². The standard InChI is InChI=1S/C14H21FN2O2/c1-10(2)4-5-11(3)16-9-12-8-13(15)6-7-14(12)17(18)19/h6-8,10-11,16H,4-5,9H2,1-3H3. The first-order valence-corrected chi connectivity index (χ1v) is 6.56. The molecule has 0 aromatic heterocycles. The lowest BCUT2D eigenvalue weighted by atomic mass is 10.0. The van der Waals surface area contributed by atoms with E-state index in [0.29, 0.717) is 18.0 Å². The molecule has 1 unspecified atom stereocenters. The Morgan fingerprint density at radius 3 is 2.58 bits per heavy atom. The molecule has 0 aliphatic heterocycles. The number of nitrogens with zero attached hydrogens (tertiary/aromatic N) is 1. The zero-order valence-electron chi connectivity index (χ0n) is 11.6. The quantitative estimate of drug-likeness (QED) is 0.606. The first-order chi connectivity index (χ1) is 8.90. The molecule has 1 N–H and O–H groups in total. The minimum absolute atomic E-state index is 0.0371. The highest BCUT2D eigenvalue weighted by atomic mass is 19.1. The summed E-state index contributed by atoms with van der Waals surface area (Å²) in [4.78, 5) is 10.4. The number of rotatable bonds is 7. The molecule has 5 heteroatoms. The Labute approximate surface area is 113 Å². The minimum Gasteiger partial charge on any atom is -0.310 e. The van der Waals surface area contributed by atoms with Crippen molar-refractivity contribution in [2.75, 3.05) is 0 Å². The zero-order chi connectivity index (χ0) is 14.4. The first kappa shape index (κ1) is 15.6. The third-order valence-corrected chi connectivity index (χ3v) is 3.06. The number of hydrogen-bond donors (Lipinski definition) is 1. The van der Waals surface area contributed by atoms with Gasteiger partial charge in [0.1, 0.15) is 5.82 Å². The molecule has 0 fully saturated rings. The van der Waals surface area contributed by atoms with Gasteiger partial charge in [-0.05, 0) is 37.8 Å². The smallest absolute Gasteiger partial charge is 0.274 e. The SMILES string of the molecule is CC(C)CCC(C)NCc1cc(F)ccc1[N+](=O)[O-]. The first-order valence-electron chi connectivity index (χ1n) is 6.56. The molecular weight excluding hydrogens is 247 g/mol. The maximum atomic E-state index is 13.1. The van der Waals surface area contributed by atoms with Crippen molar-refractivity contribution in [3.63, 3.8) is 0 Å². The van der Waals surface area contributed by atoms with Gasteiger partial charge in [-0.3, -0.25) is 10.1 Å². The van der Waals surface area contributed by atoms with Crippen LogP contribution in [0.5, 0.6) is 0 Å². The van der Waals surface area contributed by atoms with E-state index in [1.54, 1.807) is 0 Å². The van der Waals surface area contributed by atoms with Gasteiger partial charge in [-0.25, -0.2) is 4.39 Å².